The average Bonchev–Trinajstić information content (AvgIpc) is 3.11. The molecule has 1 aromatic heterocycles. The Kier molecular flexibility index (Phi) is 10.4. The van der Waals surface area contributed by atoms with Crippen molar-refractivity contribution >= 4 is 21.8 Å². The second kappa shape index (κ2) is 14.8. The summed E-state index contributed by atoms with van der Waals surface area (Å²) in [6.07, 6.45) is 0.378. The summed E-state index contributed by atoms with van der Waals surface area (Å²) in [5.41, 5.74) is 5.45. The van der Waals surface area contributed by atoms with E-state index in [1.807, 2.05) is 78.9 Å². The van der Waals surface area contributed by atoms with Crippen molar-refractivity contribution in [3.05, 3.63) is 155 Å². The van der Waals surface area contributed by atoms with Crippen molar-refractivity contribution in [1.82, 2.24) is 4.72 Å². The predicted molar refractivity (Wildman–Crippen MR) is 181 cm³/mol. The molecule has 2 N–H and O–H groups in total. The fourth-order valence-electron chi connectivity index (χ4n) is 5.56. The molecule has 0 spiro atoms. The van der Waals surface area contributed by atoms with Gasteiger partial charge in [0.15, 0.2) is 12.5 Å². The molecule has 0 unspecified atom stereocenters. The zero-order valence-electron chi connectivity index (χ0n) is 25.8. The van der Waals surface area contributed by atoms with Crippen molar-refractivity contribution in [3.8, 4) is 11.1 Å². The van der Waals surface area contributed by atoms with Crippen LogP contribution in [0.3, 0.4) is 0 Å². The molecule has 1 aliphatic heterocycles. The zero-order valence-corrected chi connectivity index (χ0v) is 27.4. The molecule has 5 aromatic rings. The molecule has 0 amide bonds. The van der Waals surface area contributed by atoms with E-state index in [2.05, 4.69) is 11.6 Å². The predicted octanol–water partition coefficient (Wildman–Crippen LogP) is 6.54. The van der Waals surface area contributed by atoms with E-state index in [-0.39, 0.29) is 36.2 Å². The van der Waals surface area contributed by atoms with E-state index in [9.17, 15) is 18.7 Å². The number of pyridine rings is 1. The first-order chi connectivity index (χ1) is 22.8. The van der Waals surface area contributed by atoms with Crippen molar-refractivity contribution in [2.45, 2.75) is 48.5 Å². The quantitative estimate of drug-likeness (QED) is 0.0934. The molecule has 1 fully saturated rings. The highest BCUT2D eigenvalue weighted by atomic mass is 32.2. The van der Waals surface area contributed by atoms with Gasteiger partial charge in [0.05, 0.1) is 23.7 Å². The number of hydrogen-bond donors (Lipinski definition) is 2. The molecule has 47 heavy (non-hydrogen) atoms. The molecule has 2 heterocycles. The highest BCUT2D eigenvalue weighted by Crippen LogP contribution is 2.43. The minimum Gasteiger partial charge on any atom is -0.618 e. The zero-order chi connectivity index (χ0) is 32.8. The number of aliphatic hydroxyl groups is 1. The highest BCUT2D eigenvalue weighted by molar-refractivity contribution is 7.99. The normalized spacial score (nSPS) is 19.8. The van der Waals surface area contributed by atoms with Gasteiger partial charge in [-0.15, -0.1) is 0 Å². The first-order valence-corrected chi connectivity index (χ1v) is 17.8. The Morgan fingerprint density at radius 2 is 1.53 bits per heavy atom. The van der Waals surface area contributed by atoms with Crippen molar-refractivity contribution in [3.63, 3.8) is 0 Å². The molecule has 0 aliphatic carbocycles. The van der Waals surface area contributed by atoms with Gasteiger partial charge in [-0.1, -0.05) is 104 Å². The smallest absolute Gasteiger partial charge is 0.251 e. The maximum atomic E-state index is 12.7. The summed E-state index contributed by atoms with van der Waals surface area (Å²) in [6.45, 7) is 2.23. The molecule has 0 radical (unpaired) electrons. The Labute approximate surface area is 279 Å². The second-order valence-corrected chi connectivity index (χ2v) is 14.3. The van der Waals surface area contributed by atoms with Crippen LogP contribution in [-0.2, 0) is 32.6 Å². The first kappa shape index (κ1) is 32.9. The van der Waals surface area contributed by atoms with E-state index in [1.54, 1.807) is 42.5 Å². The molecule has 6 rings (SSSR count). The van der Waals surface area contributed by atoms with Gasteiger partial charge >= 0.3 is 0 Å². The lowest BCUT2D eigenvalue weighted by molar-refractivity contribution is -0.645. The lowest BCUT2D eigenvalue weighted by Gasteiger charge is -2.41. The molecule has 4 aromatic carbocycles. The molecule has 0 saturated carbocycles. The molecule has 1 aliphatic rings. The van der Waals surface area contributed by atoms with E-state index >= 15 is 0 Å². The Hall–Kier alpha value is -4.03. The van der Waals surface area contributed by atoms with Crippen LogP contribution in [0.2, 0.25) is 0 Å². The lowest BCUT2D eigenvalue weighted by Crippen LogP contribution is -2.39. The molecular formula is C37H36N2O6S2. The van der Waals surface area contributed by atoms with Crippen molar-refractivity contribution in [2.24, 2.45) is 5.92 Å². The van der Waals surface area contributed by atoms with Crippen LogP contribution in [0.15, 0.2) is 137 Å². The molecular weight excluding hydrogens is 633 g/mol. The van der Waals surface area contributed by atoms with Gasteiger partial charge < -0.3 is 19.8 Å². The first-order valence-electron chi connectivity index (χ1n) is 15.4. The van der Waals surface area contributed by atoms with Gasteiger partial charge in [0.1, 0.15) is 0 Å². The lowest BCUT2D eigenvalue weighted by atomic mass is 9.91. The van der Waals surface area contributed by atoms with Gasteiger partial charge in [-0.3, -0.25) is 0 Å². The monoisotopic (exact) mass is 668 g/mol. The van der Waals surface area contributed by atoms with Crippen LogP contribution in [0.1, 0.15) is 41.6 Å². The standard InChI is InChI=1S/C37H36N2O6S2/c1-26-34(25-46-35-12-5-6-21-39(35)41)44-37(45-36(26)30-15-13-27(24-40)14-16-30)31-19-17-29(18-20-31)32-9-7-8-28(22-32)23-38-47(42,43)33-10-3-2-4-11-33/h2-22,26,34,36-38,40H,23-25H2,1H3/t26-,34+,36+,37+/m1/s1. The Balaban J connectivity index is 1.19. The number of nitrogens with one attached hydrogen (secondary N) is 1. The Bertz CT molecular complexity index is 1890. The summed E-state index contributed by atoms with van der Waals surface area (Å²) < 4.78 is 42.1. The van der Waals surface area contributed by atoms with Gasteiger partial charge in [-0.2, -0.15) is 4.73 Å². The molecule has 242 valence electrons. The van der Waals surface area contributed by atoms with E-state index in [0.717, 1.165) is 38.1 Å². The van der Waals surface area contributed by atoms with Crippen molar-refractivity contribution in [2.75, 3.05) is 5.75 Å². The summed E-state index contributed by atoms with van der Waals surface area (Å²) >= 11 is 1.46. The third-order valence-electron chi connectivity index (χ3n) is 8.27. The minimum atomic E-state index is -3.62. The van der Waals surface area contributed by atoms with Gasteiger partial charge in [0.25, 0.3) is 5.03 Å². The van der Waals surface area contributed by atoms with Crippen LogP contribution in [0, 0.1) is 11.1 Å². The third-order valence-corrected chi connectivity index (χ3v) is 10.8. The van der Waals surface area contributed by atoms with Gasteiger partial charge in [0, 0.05) is 35.9 Å². The van der Waals surface area contributed by atoms with Crippen molar-refractivity contribution < 1.29 is 27.7 Å². The van der Waals surface area contributed by atoms with E-state index in [0.29, 0.717) is 10.8 Å². The fourth-order valence-corrected chi connectivity index (χ4v) is 7.68. The SMILES string of the molecule is C[C@@H]1[C@H](CSc2cccc[n+]2[O-])O[C@H](c2ccc(-c3cccc(CNS(=O)(=O)c4ccccc4)c3)cc2)O[C@@H]1c1ccc(CO)cc1. The van der Waals surface area contributed by atoms with E-state index in [4.69, 9.17) is 9.47 Å². The van der Waals surface area contributed by atoms with Crippen LogP contribution < -0.4 is 9.45 Å². The number of nitrogens with zero attached hydrogens (tertiary/aromatic N) is 1. The molecule has 0 bridgehead atoms. The molecule has 10 heteroatoms. The second-order valence-electron chi connectivity index (χ2n) is 11.5. The van der Waals surface area contributed by atoms with Gasteiger partial charge in [-0.25, -0.2) is 13.1 Å². The molecule has 4 atom stereocenters. The fraction of sp³-hybridized carbons (Fsp3) is 0.216. The van der Waals surface area contributed by atoms with Crippen LogP contribution in [-0.4, -0.2) is 25.4 Å². The topological polar surface area (TPSA) is 112 Å². The highest BCUT2D eigenvalue weighted by Gasteiger charge is 2.38. The van der Waals surface area contributed by atoms with Gasteiger partial charge in [-0.05, 0) is 52.1 Å². The molecule has 8 nitrogen and oxygen atoms in total. The number of thioether (sulfide) groups is 1. The van der Waals surface area contributed by atoms with Gasteiger partial charge in [0.2, 0.25) is 10.0 Å². The number of benzene rings is 4. The maximum absolute atomic E-state index is 12.7. The number of ether oxygens (including phenoxy) is 2. The summed E-state index contributed by atoms with van der Waals surface area (Å²) in [7, 11) is -3.62. The number of hydrogen-bond acceptors (Lipinski definition) is 7. The van der Waals surface area contributed by atoms with E-state index < -0.39 is 16.3 Å². The largest absolute Gasteiger partial charge is 0.618 e. The average molecular weight is 669 g/mol. The Morgan fingerprint density at radius 1 is 0.809 bits per heavy atom. The van der Waals surface area contributed by atoms with Crippen LogP contribution >= 0.6 is 11.8 Å². The third kappa shape index (κ3) is 7.93. The number of rotatable bonds is 11. The number of sulfonamides is 1. The van der Waals surface area contributed by atoms with Crippen molar-refractivity contribution in [1.29, 1.82) is 0 Å². The van der Waals surface area contributed by atoms with Crippen LogP contribution in [0.5, 0.6) is 0 Å². The Morgan fingerprint density at radius 3 is 2.26 bits per heavy atom. The summed E-state index contributed by atoms with van der Waals surface area (Å²) in [5, 5.41) is 22.4. The summed E-state index contributed by atoms with van der Waals surface area (Å²) in [5.74, 6) is 0.557. The number of aromatic nitrogens is 1. The molecule has 1 saturated heterocycles. The maximum Gasteiger partial charge on any atom is 0.251 e. The minimum absolute atomic E-state index is 0.0103. The van der Waals surface area contributed by atoms with E-state index in [1.165, 1.54) is 18.0 Å². The van der Waals surface area contributed by atoms with Crippen LogP contribution in [0.4, 0.5) is 0 Å². The summed E-state index contributed by atoms with van der Waals surface area (Å²) in [4.78, 5) is 0.229. The number of aliphatic hydroxyl groups excluding tert-OH is 1. The summed E-state index contributed by atoms with van der Waals surface area (Å²) in [6, 6.07) is 37.2. The van der Waals surface area contributed by atoms with Crippen LogP contribution in [0.25, 0.3) is 11.1 Å².